The third-order valence-electron chi connectivity index (χ3n) is 16.0. The van der Waals surface area contributed by atoms with Crippen molar-refractivity contribution >= 4 is 66.8 Å². The first-order valence-corrected chi connectivity index (χ1v) is 25.5. The second-order valence-electron chi connectivity index (χ2n) is 21.0. The minimum Gasteiger partial charge on any atom is -0.456 e. The quantitative estimate of drug-likeness (QED) is 0.151. The molecule has 0 atom stereocenters. The molecule has 0 N–H and O–H groups in total. The Bertz CT molecular complexity index is 3930. The SMILES string of the molecule is CC1(C)c2ccccc2-c2ccc(N(c3ccc(-c4ccccc4)cc3)c3ccc4cc5c(cc4c3)oc3cc(N(c4ccc(-c6ccccc6)cc4)c4ccc6c(c4)C(C)(C)c4ccccc4-6)ccc35)cc21. The fourth-order valence-corrected chi connectivity index (χ4v) is 12.2. The van der Waals surface area contributed by atoms with E-state index in [1.807, 2.05) is 0 Å². The van der Waals surface area contributed by atoms with E-state index in [1.165, 1.54) is 66.8 Å². The van der Waals surface area contributed by atoms with Gasteiger partial charge in [0.1, 0.15) is 11.2 Å². The number of hydrogen-bond acceptors (Lipinski definition) is 3. The van der Waals surface area contributed by atoms with Gasteiger partial charge in [-0.3, -0.25) is 0 Å². The molecule has 0 radical (unpaired) electrons. The maximum atomic E-state index is 6.94. The van der Waals surface area contributed by atoms with Crippen LogP contribution in [0.15, 0.2) is 247 Å². The van der Waals surface area contributed by atoms with Crippen LogP contribution < -0.4 is 9.80 Å². The van der Waals surface area contributed by atoms with E-state index in [4.69, 9.17) is 4.42 Å². The molecule has 12 aromatic rings. The zero-order valence-corrected chi connectivity index (χ0v) is 41.4. The van der Waals surface area contributed by atoms with Gasteiger partial charge in [-0.15, -0.1) is 0 Å². The molecule has 3 heteroatoms. The number of anilines is 6. The average Bonchev–Trinajstić information content (AvgIpc) is 3.99. The molecular formula is C70H52N2O. The molecule has 11 aromatic carbocycles. The van der Waals surface area contributed by atoms with Crippen LogP contribution in [0, 0.1) is 0 Å². The van der Waals surface area contributed by atoms with Crippen molar-refractivity contribution in [1.29, 1.82) is 0 Å². The number of fused-ring (bicyclic) bond motifs is 10. The van der Waals surface area contributed by atoms with Crippen molar-refractivity contribution in [1.82, 2.24) is 0 Å². The first-order valence-electron chi connectivity index (χ1n) is 25.5. The lowest BCUT2D eigenvalue weighted by molar-refractivity contribution is 0.660. The van der Waals surface area contributed by atoms with Crippen molar-refractivity contribution in [2.75, 3.05) is 9.80 Å². The van der Waals surface area contributed by atoms with Gasteiger partial charge in [-0.2, -0.15) is 0 Å². The Morgan fingerprint density at radius 2 is 0.671 bits per heavy atom. The second-order valence-corrected chi connectivity index (χ2v) is 21.0. The van der Waals surface area contributed by atoms with Crippen LogP contribution in [0.25, 0.3) is 77.2 Å². The highest BCUT2D eigenvalue weighted by Gasteiger charge is 2.37. The third kappa shape index (κ3) is 6.87. The monoisotopic (exact) mass is 936 g/mol. The van der Waals surface area contributed by atoms with Gasteiger partial charge in [0.25, 0.3) is 0 Å². The maximum Gasteiger partial charge on any atom is 0.137 e. The molecule has 0 saturated carbocycles. The van der Waals surface area contributed by atoms with Crippen LogP contribution in [-0.4, -0.2) is 0 Å². The molecule has 0 spiro atoms. The topological polar surface area (TPSA) is 19.6 Å². The van der Waals surface area contributed by atoms with Gasteiger partial charge in [0.05, 0.1) is 0 Å². The van der Waals surface area contributed by atoms with Crippen molar-refractivity contribution in [3.05, 3.63) is 265 Å². The highest BCUT2D eigenvalue weighted by molar-refractivity contribution is 6.11. The van der Waals surface area contributed by atoms with Gasteiger partial charge >= 0.3 is 0 Å². The molecule has 2 aliphatic carbocycles. The van der Waals surface area contributed by atoms with Crippen molar-refractivity contribution in [2.45, 2.75) is 38.5 Å². The van der Waals surface area contributed by atoms with E-state index < -0.39 is 0 Å². The number of hydrogen-bond donors (Lipinski definition) is 0. The zero-order chi connectivity index (χ0) is 49.0. The standard InChI is InChI=1S/C70H52N2O/c1-69(2)63-21-13-11-19-57(63)59-36-33-54(42-65(59)69)71(51-28-23-47(24-29-51)45-15-7-5-8-16-45)53-32-27-49-40-62-61-38-35-56(44-68(61)73-67(62)41-50(49)39-53)72(52-30-25-48(26-31-52)46-17-9-6-10-18-46)55-34-37-60-58-20-12-14-22-64(58)70(3,4)66(60)43-55/h5-44H,1-4H3. The van der Waals surface area contributed by atoms with E-state index in [2.05, 4.69) is 280 Å². The van der Waals surface area contributed by atoms with Crippen LogP contribution >= 0.6 is 0 Å². The third-order valence-corrected chi connectivity index (χ3v) is 16.0. The van der Waals surface area contributed by atoms with E-state index in [0.717, 1.165) is 66.8 Å². The molecule has 2 aliphatic rings. The van der Waals surface area contributed by atoms with Gasteiger partial charge < -0.3 is 14.2 Å². The van der Waals surface area contributed by atoms with Crippen LogP contribution in [-0.2, 0) is 10.8 Å². The van der Waals surface area contributed by atoms with Gasteiger partial charge in [0.2, 0.25) is 0 Å². The van der Waals surface area contributed by atoms with Gasteiger partial charge in [0, 0.05) is 61.8 Å². The molecule has 14 rings (SSSR count). The number of benzene rings is 11. The zero-order valence-electron chi connectivity index (χ0n) is 41.4. The summed E-state index contributed by atoms with van der Waals surface area (Å²) in [6.45, 7) is 9.40. The number of rotatable bonds is 8. The Morgan fingerprint density at radius 3 is 1.21 bits per heavy atom. The molecule has 348 valence electrons. The predicted molar refractivity (Wildman–Crippen MR) is 307 cm³/mol. The summed E-state index contributed by atoms with van der Waals surface area (Å²) in [4.78, 5) is 4.78. The van der Waals surface area contributed by atoms with Crippen LogP contribution in [0.4, 0.5) is 34.1 Å². The first kappa shape index (κ1) is 42.9. The minimum atomic E-state index is -0.135. The van der Waals surface area contributed by atoms with Crippen LogP contribution in [0.1, 0.15) is 49.9 Å². The molecule has 0 unspecified atom stereocenters. The van der Waals surface area contributed by atoms with Crippen molar-refractivity contribution < 1.29 is 4.42 Å². The summed E-state index contributed by atoms with van der Waals surface area (Å²) in [5.41, 5.74) is 23.4. The Labute approximate surface area is 426 Å². The van der Waals surface area contributed by atoms with Crippen molar-refractivity contribution in [3.63, 3.8) is 0 Å². The Morgan fingerprint density at radius 1 is 0.274 bits per heavy atom. The molecule has 1 aromatic heterocycles. The van der Waals surface area contributed by atoms with Crippen LogP contribution in [0.5, 0.6) is 0 Å². The summed E-state index contributed by atoms with van der Waals surface area (Å²) in [6, 6.07) is 89.0. The van der Waals surface area contributed by atoms with E-state index in [9.17, 15) is 0 Å². The fourth-order valence-electron chi connectivity index (χ4n) is 12.2. The molecule has 0 saturated heterocycles. The minimum absolute atomic E-state index is 0.129. The lowest BCUT2D eigenvalue weighted by Gasteiger charge is -2.28. The molecule has 0 amide bonds. The van der Waals surface area contributed by atoms with Crippen molar-refractivity contribution in [3.8, 4) is 44.5 Å². The number of furan rings is 1. The summed E-state index contributed by atoms with van der Waals surface area (Å²) in [5.74, 6) is 0. The molecule has 73 heavy (non-hydrogen) atoms. The summed E-state index contributed by atoms with van der Waals surface area (Å²) >= 11 is 0. The van der Waals surface area contributed by atoms with E-state index >= 15 is 0 Å². The molecular weight excluding hydrogens is 885 g/mol. The number of nitrogens with zero attached hydrogens (tertiary/aromatic N) is 2. The first-order chi connectivity index (χ1) is 35.7. The summed E-state index contributed by atoms with van der Waals surface area (Å²) in [5, 5.41) is 4.48. The van der Waals surface area contributed by atoms with Crippen LogP contribution in [0.3, 0.4) is 0 Å². The fraction of sp³-hybridized carbons (Fsp3) is 0.0857. The van der Waals surface area contributed by atoms with Gasteiger partial charge in [0.15, 0.2) is 0 Å². The maximum absolute atomic E-state index is 6.94. The molecule has 0 bridgehead atoms. The van der Waals surface area contributed by atoms with Crippen molar-refractivity contribution in [2.24, 2.45) is 0 Å². The Kier molecular flexibility index (Phi) is 9.59. The highest BCUT2D eigenvalue weighted by Crippen LogP contribution is 2.53. The van der Waals surface area contributed by atoms with E-state index in [0.29, 0.717) is 0 Å². The summed E-state index contributed by atoms with van der Waals surface area (Å²) in [7, 11) is 0. The van der Waals surface area contributed by atoms with E-state index in [1.54, 1.807) is 0 Å². The molecule has 3 nitrogen and oxygen atoms in total. The Balaban J connectivity index is 0.876. The summed E-state index contributed by atoms with van der Waals surface area (Å²) < 4.78 is 6.94. The van der Waals surface area contributed by atoms with Gasteiger partial charge in [-0.1, -0.05) is 179 Å². The van der Waals surface area contributed by atoms with Gasteiger partial charge in [-0.25, -0.2) is 0 Å². The molecule has 0 aliphatic heterocycles. The average molecular weight is 937 g/mol. The van der Waals surface area contributed by atoms with Gasteiger partial charge in [-0.05, 0) is 162 Å². The lowest BCUT2D eigenvalue weighted by atomic mass is 9.82. The molecule has 0 fully saturated rings. The highest BCUT2D eigenvalue weighted by atomic mass is 16.3. The lowest BCUT2D eigenvalue weighted by Crippen LogP contribution is -2.16. The smallest absolute Gasteiger partial charge is 0.137 e. The normalized spacial score (nSPS) is 13.7. The predicted octanol–water partition coefficient (Wildman–Crippen LogP) is 19.6. The largest absolute Gasteiger partial charge is 0.456 e. The van der Waals surface area contributed by atoms with Crippen LogP contribution in [0.2, 0.25) is 0 Å². The Hall–Kier alpha value is -8.92. The van der Waals surface area contributed by atoms with E-state index in [-0.39, 0.29) is 10.8 Å². The second kappa shape index (κ2) is 16.3. The molecule has 1 heterocycles. The summed E-state index contributed by atoms with van der Waals surface area (Å²) in [6.07, 6.45) is 0.